The number of hydrogen-bond donors (Lipinski definition) is 5. The van der Waals surface area contributed by atoms with E-state index in [1.807, 2.05) is 26.5 Å². The molecule has 1 aromatic carbocycles. The van der Waals surface area contributed by atoms with Gasteiger partial charge < -0.3 is 96.8 Å². The van der Waals surface area contributed by atoms with Crippen LogP contribution in [-0.2, 0) is 68.9 Å². The second-order valence-electron chi connectivity index (χ2n) is 20.2. The number of ether oxygens (including phenoxy) is 12. The van der Waals surface area contributed by atoms with Crippen LogP contribution in [0.25, 0.3) is 0 Å². The number of aromatic nitrogens is 2. The molecule has 2 amide bonds. The number of aliphatic hydroxyl groups is 2. The Bertz CT molecular complexity index is 2400. The molecule has 29 nitrogen and oxygen atoms in total. The molecule has 1 saturated heterocycles. The van der Waals surface area contributed by atoms with Gasteiger partial charge in [-0.25, -0.2) is 0 Å². The van der Waals surface area contributed by atoms with Gasteiger partial charge in [-0.05, 0) is 54.0 Å². The van der Waals surface area contributed by atoms with E-state index in [0.717, 1.165) is 45.2 Å². The van der Waals surface area contributed by atoms with Gasteiger partial charge in [-0.1, -0.05) is 19.9 Å². The molecule has 0 unspecified atom stereocenters. The van der Waals surface area contributed by atoms with E-state index in [1.54, 1.807) is 6.07 Å². The first-order valence-corrected chi connectivity index (χ1v) is 29.4. The van der Waals surface area contributed by atoms with Crippen LogP contribution in [0.15, 0.2) is 28.7 Å². The molecule has 5 N–H and O–H groups in total. The summed E-state index contributed by atoms with van der Waals surface area (Å²) in [5, 5.41) is 29.0. The topological polar surface area (TPSA) is 333 Å². The fourth-order valence-corrected chi connectivity index (χ4v) is 8.94. The van der Waals surface area contributed by atoms with Gasteiger partial charge in [0.05, 0.1) is 146 Å². The molecule has 2 aromatic heterocycles. The predicted octanol–water partition coefficient (Wildman–Crippen LogP) is 1.21. The van der Waals surface area contributed by atoms with Gasteiger partial charge in [-0.3, -0.25) is 34.0 Å². The summed E-state index contributed by atoms with van der Waals surface area (Å²) < 4.78 is 72.9. The number of benzene rings is 1. The number of amides is 2. The summed E-state index contributed by atoms with van der Waals surface area (Å²) >= 11 is 0. The van der Waals surface area contributed by atoms with E-state index in [4.69, 9.17) is 71.5 Å². The van der Waals surface area contributed by atoms with Crippen molar-refractivity contribution in [3.05, 3.63) is 46.7 Å². The van der Waals surface area contributed by atoms with Crippen LogP contribution in [0, 0.1) is 6.92 Å². The van der Waals surface area contributed by atoms with Crippen LogP contribution in [0.4, 0.5) is 5.69 Å². The fraction of sp³-hybridized carbons (Fsp3) is 0.678. The Labute approximate surface area is 516 Å². The van der Waals surface area contributed by atoms with Crippen LogP contribution in [0.5, 0.6) is 29.5 Å². The SMILES string of the molecule is CO.CO.COc1nc(OCCOCCOCCOCCOCCOCCOCCOCCOCCNC(=O)CN2CCN(CC=O)CCN(CC=O)CCN(CC(=O)O)CC2)nc(OC)c1NC(=O)c1ccc(Oc2cc3c(cc2C)CCC3(C)C)o1. The van der Waals surface area contributed by atoms with E-state index >= 15 is 0 Å². The highest BCUT2D eigenvalue weighted by atomic mass is 16.6. The van der Waals surface area contributed by atoms with E-state index in [2.05, 4.69) is 46.6 Å². The third-order valence-corrected chi connectivity index (χ3v) is 13.6. The molecule has 1 aliphatic carbocycles. The van der Waals surface area contributed by atoms with Crippen LogP contribution in [0.2, 0.25) is 0 Å². The van der Waals surface area contributed by atoms with Gasteiger partial charge in [0.25, 0.3) is 11.9 Å². The maximum Gasteiger partial charge on any atom is 0.323 e. The lowest BCUT2D eigenvalue weighted by atomic mass is 9.86. The molecule has 2 aliphatic rings. The quantitative estimate of drug-likeness (QED) is 0.0393. The zero-order chi connectivity index (χ0) is 64.2. The van der Waals surface area contributed by atoms with Gasteiger partial charge in [0.1, 0.15) is 24.9 Å². The number of carbonyl (C=O) groups excluding carboxylic acids is 4. The van der Waals surface area contributed by atoms with Crippen LogP contribution in [0.3, 0.4) is 0 Å². The maximum atomic E-state index is 13.3. The Morgan fingerprint density at radius 3 is 1.49 bits per heavy atom. The lowest BCUT2D eigenvalue weighted by molar-refractivity contribution is -0.138. The number of aliphatic hydroxyl groups excluding tert-OH is 2. The second-order valence-corrected chi connectivity index (χ2v) is 20.2. The van der Waals surface area contributed by atoms with Crippen molar-refractivity contribution in [2.45, 2.75) is 39.0 Å². The minimum atomic E-state index is -0.943. The van der Waals surface area contributed by atoms with Crippen molar-refractivity contribution in [1.29, 1.82) is 0 Å². The van der Waals surface area contributed by atoms with E-state index in [0.29, 0.717) is 164 Å². The first kappa shape index (κ1) is 76.2. The first-order chi connectivity index (χ1) is 42.8. The van der Waals surface area contributed by atoms with Gasteiger partial charge in [0, 0.05) is 79.2 Å². The highest BCUT2D eigenvalue weighted by molar-refractivity contribution is 6.03. The molecule has 0 spiro atoms. The molecule has 0 radical (unpaired) electrons. The lowest BCUT2D eigenvalue weighted by Crippen LogP contribution is -2.49. The first-order valence-electron chi connectivity index (χ1n) is 29.4. The number of aryl methyl sites for hydroxylation is 2. The Kier molecular flexibility index (Phi) is 39.9. The Morgan fingerprint density at radius 1 is 0.614 bits per heavy atom. The number of carboxylic acids is 1. The molecule has 3 aromatic rings. The standard InChI is InChI=1S/C57H88N8O19.2CH4O/c1-44-40-45-8-9-57(2,3)46(45)41-48(44)84-51-7-6-47(83-51)53(71)59-52-54(72-4)60-56(61-55(52)73-5)82-39-38-81-37-36-80-35-34-79-33-32-78-31-30-77-29-28-76-27-26-75-25-24-74-23-10-58-49(68)42-64-15-13-62(19-21-66)11-12-63(20-22-67)14-16-65(18-17-64)43-50(69)70;2*1-2/h6-7,21-22,40-41H,8-20,23-39,42-43H2,1-5H3,(H,58,68)(H,59,71)(H,69,70);2*2H,1H3. The highest BCUT2D eigenvalue weighted by Gasteiger charge is 2.31. The number of fused-ring (bicyclic) bond motifs is 1. The second kappa shape index (κ2) is 46.1. The molecule has 5 rings (SSSR count). The summed E-state index contributed by atoms with van der Waals surface area (Å²) in [6.45, 7) is 17.4. The third kappa shape index (κ3) is 30.5. The number of furan rings is 1. The van der Waals surface area contributed by atoms with Gasteiger partial charge in [0.2, 0.25) is 17.7 Å². The van der Waals surface area contributed by atoms with E-state index in [1.165, 1.54) is 31.4 Å². The molecule has 29 heteroatoms. The fourth-order valence-electron chi connectivity index (χ4n) is 8.94. The van der Waals surface area contributed by atoms with E-state index < -0.39 is 11.9 Å². The van der Waals surface area contributed by atoms with Gasteiger partial charge in [0.15, 0.2) is 11.4 Å². The van der Waals surface area contributed by atoms with Crippen molar-refractivity contribution < 1.29 is 101 Å². The van der Waals surface area contributed by atoms with Gasteiger partial charge in [-0.15, -0.1) is 0 Å². The van der Waals surface area contributed by atoms with Crippen LogP contribution in [-0.4, -0.2) is 301 Å². The number of carboxylic acid groups (broad SMARTS) is 1. The average molecular weight is 1250 g/mol. The number of methoxy groups -OCH3 is 2. The predicted molar refractivity (Wildman–Crippen MR) is 321 cm³/mol. The van der Waals surface area contributed by atoms with Crippen molar-refractivity contribution in [3.63, 3.8) is 0 Å². The summed E-state index contributed by atoms with van der Waals surface area (Å²) in [6, 6.07) is 7.28. The molecule has 0 saturated carbocycles. The third-order valence-electron chi connectivity index (χ3n) is 13.6. The largest absolute Gasteiger partial charge is 0.480 e. The maximum absolute atomic E-state index is 13.3. The van der Waals surface area contributed by atoms with Gasteiger partial charge in [-0.2, -0.15) is 9.97 Å². The molecule has 1 aliphatic heterocycles. The lowest BCUT2D eigenvalue weighted by Gasteiger charge is -2.32. The minimum absolute atomic E-state index is 0.000108. The molecule has 0 bridgehead atoms. The molecule has 1 fully saturated rings. The normalized spacial score (nSPS) is 14.8. The average Bonchev–Trinajstić information content (AvgIpc) is 4.12. The number of aldehydes is 2. The summed E-state index contributed by atoms with van der Waals surface area (Å²) in [5.41, 5.74) is 3.72. The summed E-state index contributed by atoms with van der Waals surface area (Å²) in [5.74, 6) is -0.829. The number of aliphatic carboxylic acids is 1. The molecular weight excluding hydrogens is 1160 g/mol. The zero-order valence-electron chi connectivity index (χ0n) is 52.5. The van der Waals surface area contributed by atoms with Crippen molar-refractivity contribution in [2.75, 3.05) is 231 Å². The van der Waals surface area contributed by atoms with Gasteiger partial charge >= 0.3 is 12.0 Å². The van der Waals surface area contributed by atoms with Crippen LogP contribution in [0.1, 0.15) is 47.5 Å². The van der Waals surface area contributed by atoms with Crippen molar-refractivity contribution in [3.8, 4) is 29.5 Å². The number of carbonyl (C=O) groups is 5. The highest BCUT2D eigenvalue weighted by Crippen LogP contribution is 2.42. The number of anilines is 1. The number of nitrogens with one attached hydrogen (secondary N) is 2. The number of rotatable bonds is 42. The van der Waals surface area contributed by atoms with E-state index in [9.17, 15) is 29.1 Å². The molecule has 0 atom stereocenters. The van der Waals surface area contributed by atoms with E-state index in [-0.39, 0.29) is 85.9 Å². The smallest absolute Gasteiger partial charge is 0.323 e. The number of hydrogen-bond acceptors (Lipinski definition) is 26. The molecular formula is C59H96N8O21. The summed E-state index contributed by atoms with van der Waals surface area (Å²) in [7, 11) is 4.79. The van der Waals surface area contributed by atoms with Crippen LogP contribution >= 0.6 is 0 Å². The minimum Gasteiger partial charge on any atom is -0.480 e. The van der Waals surface area contributed by atoms with Crippen molar-refractivity contribution in [2.24, 2.45) is 0 Å². The Hall–Kier alpha value is -6.03. The van der Waals surface area contributed by atoms with Crippen LogP contribution < -0.4 is 29.6 Å². The van der Waals surface area contributed by atoms with Crippen molar-refractivity contribution in [1.82, 2.24) is 34.9 Å². The molecule has 498 valence electrons. The summed E-state index contributed by atoms with van der Waals surface area (Å²) in [6.07, 6.45) is 3.78. The Balaban J connectivity index is 0.00000496. The molecule has 3 heterocycles. The van der Waals surface area contributed by atoms with Crippen molar-refractivity contribution >= 4 is 36.0 Å². The number of nitrogens with zero attached hydrogens (tertiary/aromatic N) is 6. The summed E-state index contributed by atoms with van der Waals surface area (Å²) in [4.78, 5) is 76.4. The Morgan fingerprint density at radius 2 is 1.05 bits per heavy atom. The molecule has 88 heavy (non-hydrogen) atoms. The monoisotopic (exact) mass is 1250 g/mol. The zero-order valence-corrected chi connectivity index (χ0v) is 52.5.